The number of hydrazine groups is 1. The summed E-state index contributed by atoms with van der Waals surface area (Å²) in [5.41, 5.74) is 2.43. The van der Waals surface area contributed by atoms with E-state index in [9.17, 15) is 0 Å². The maximum absolute atomic E-state index is 5.87. The minimum absolute atomic E-state index is 0.270. The quantitative estimate of drug-likeness (QED) is 0.562. The van der Waals surface area contributed by atoms with E-state index in [2.05, 4.69) is 25.5 Å². The molecular formula is C12H10ClN7S. The van der Waals surface area contributed by atoms with E-state index in [0.717, 1.165) is 4.90 Å². The van der Waals surface area contributed by atoms with E-state index in [0.29, 0.717) is 16.1 Å². The highest BCUT2D eigenvalue weighted by molar-refractivity contribution is 7.99. The first kappa shape index (κ1) is 13.8. The number of nitrogens with two attached hydrogens (primary N) is 1. The van der Waals surface area contributed by atoms with Gasteiger partial charge >= 0.3 is 0 Å². The molecule has 0 atom stereocenters. The summed E-state index contributed by atoms with van der Waals surface area (Å²) in [6, 6.07) is 9.17. The van der Waals surface area contributed by atoms with Crippen molar-refractivity contribution < 1.29 is 0 Å². The van der Waals surface area contributed by atoms with Gasteiger partial charge in [-0.25, -0.2) is 10.5 Å². The van der Waals surface area contributed by atoms with Gasteiger partial charge in [0.2, 0.25) is 5.95 Å². The Balaban J connectivity index is 1.94. The van der Waals surface area contributed by atoms with Crippen molar-refractivity contribution in [2.45, 2.75) is 10.1 Å². The SMILES string of the molecule is NNc1nc(Sc2ccc(Cl)cc2)nc(-n2cccn2)n1. The Morgan fingerprint density at radius 2 is 1.95 bits per heavy atom. The minimum Gasteiger partial charge on any atom is -0.292 e. The predicted molar refractivity (Wildman–Crippen MR) is 80.3 cm³/mol. The molecule has 3 rings (SSSR count). The number of nitrogens with one attached hydrogen (secondary N) is 1. The molecule has 0 amide bonds. The van der Waals surface area contributed by atoms with Crippen molar-refractivity contribution in [1.29, 1.82) is 0 Å². The summed E-state index contributed by atoms with van der Waals surface area (Å²) in [5, 5.41) is 5.27. The second-order valence-corrected chi connectivity index (χ2v) is 5.37. The van der Waals surface area contributed by atoms with Gasteiger partial charge in [-0.05, 0) is 42.1 Å². The fourth-order valence-electron chi connectivity index (χ4n) is 1.55. The largest absolute Gasteiger partial charge is 0.292 e. The summed E-state index contributed by atoms with van der Waals surface area (Å²) >= 11 is 7.25. The third-order valence-corrected chi connectivity index (χ3v) is 3.59. The zero-order valence-electron chi connectivity index (χ0n) is 10.6. The number of hydrogen-bond acceptors (Lipinski definition) is 7. The molecule has 9 heteroatoms. The Bertz CT molecular complexity index is 730. The zero-order valence-corrected chi connectivity index (χ0v) is 12.2. The molecule has 0 spiro atoms. The molecule has 0 radical (unpaired) electrons. The molecule has 7 nitrogen and oxygen atoms in total. The summed E-state index contributed by atoms with van der Waals surface area (Å²) in [7, 11) is 0. The number of aromatic nitrogens is 5. The number of halogens is 1. The van der Waals surface area contributed by atoms with Crippen LogP contribution < -0.4 is 11.3 Å². The van der Waals surface area contributed by atoms with E-state index in [1.54, 1.807) is 18.5 Å². The van der Waals surface area contributed by atoms with Gasteiger partial charge in [-0.1, -0.05) is 11.6 Å². The highest BCUT2D eigenvalue weighted by Crippen LogP contribution is 2.26. The van der Waals surface area contributed by atoms with Crippen molar-refractivity contribution >= 4 is 29.3 Å². The molecule has 2 aromatic heterocycles. The molecule has 3 N–H and O–H groups in total. The number of hydrogen-bond donors (Lipinski definition) is 2. The third kappa shape index (κ3) is 3.30. The van der Waals surface area contributed by atoms with Gasteiger partial charge in [0.15, 0.2) is 5.16 Å². The fourth-order valence-corrected chi connectivity index (χ4v) is 2.42. The van der Waals surface area contributed by atoms with Gasteiger partial charge in [0.05, 0.1) is 0 Å². The molecule has 2 heterocycles. The maximum Gasteiger partial charge on any atom is 0.256 e. The minimum atomic E-state index is 0.270. The van der Waals surface area contributed by atoms with Crippen LogP contribution in [0.1, 0.15) is 0 Å². The van der Waals surface area contributed by atoms with Crippen LogP contribution in [0, 0.1) is 0 Å². The van der Waals surface area contributed by atoms with Crippen LogP contribution in [0.3, 0.4) is 0 Å². The Morgan fingerprint density at radius 1 is 1.14 bits per heavy atom. The van der Waals surface area contributed by atoms with Crippen LogP contribution >= 0.6 is 23.4 Å². The van der Waals surface area contributed by atoms with Gasteiger partial charge in [0.1, 0.15) is 0 Å². The van der Waals surface area contributed by atoms with Crippen LogP contribution in [0.15, 0.2) is 52.8 Å². The molecule has 0 fully saturated rings. The Kier molecular flexibility index (Phi) is 4.00. The standard InChI is InChI=1S/C12H10ClN7S/c13-8-2-4-9(5-3-8)21-12-17-10(19-14)16-11(18-12)20-7-1-6-15-20/h1-7H,14H2,(H,16,17,18,19). The predicted octanol–water partition coefficient (Wildman–Crippen LogP) is 2.15. The molecule has 1 aromatic carbocycles. The van der Waals surface area contributed by atoms with E-state index in [4.69, 9.17) is 17.4 Å². The van der Waals surface area contributed by atoms with E-state index in [1.807, 2.05) is 24.3 Å². The normalized spacial score (nSPS) is 10.6. The highest BCUT2D eigenvalue weighted by atomic mass is 35.5. The third-order valence-electron chi connectivity index (χ3n) is 2.46. The van der Waals surface area contributed by atoms with Crippen molar-refractivity contribution in [3.05, 3.63) is 47.7 Å². The summed E-state index contributed by atoms with van der Waals surface area (Å²) in [5.74, 6) is 6.05. The molecule has 0 unspecified atom stereocenters. The average Bonchev–Trinajstić information content (AvgIpc) is 3.04. The fraction of sp³-hybridized carbons (Fsp3) is 0. The molecule has 3 aromatic rings. The molecule has 21 heavy (non-hydrogen) atoms. The Labute approximate surface area is 129 Å². The monoisotopic (exact) mass is 319 g/mol. The van der Waals surface area contributed by atoms with Crippen LogP contribution in [0.2, 0.25) is 5.02 Å². The Morgan fingerprint density at radius 3 is 2.62 bits per heavy atom. The first-order valence-corrected chi connectivity index (χ1v) is 7.10. The number of nitrogens with zero attached hydrogens (tertiary/aromatic N) is 5. The van der Waals surface area contributed by atoms with Crippen LogP contribution in [-0.2, 0) is 0 Å². The molecule has 0 bridgehead atoms. The van der Waals surface area contributed by atoms with Crippen LogP contribution in [-0.4, -0.2) is 24.7 Å². The van der Waals surface area contributed by atoms with Crippen LogP contribution in [0.5, 0.6) is 0 Å². The lowest BCUT2D eigenvalue weighted by atomic mass is 10.4. The van der Waals surface area contributed by atoms with Gasteiger partial charge in [0.25, 0.3) is 5.95 Å². The topological polar surface area (TPSA) is 94.5 Å². The van der Waals surface area contributed by atoms with Gasteiger partial charge in [-0.2, -0.15) is 20.1 Å². The van der Waals surface area contributed by atoms with Crippen molar-refractivity contribution in [1.82, 2.24) is 24.7 Å². The summed E-state index contributed by atoms with van der Waals surface area (Å²) in [4.78, 5) is 13.7. The highest BCUT2D eigenvalue weighted by Gasteiger charge is 2.09. The van der Waals surface area contributed by atoms with Crippen molar-refractivity contribution in [2.24, 2.45) is 5.84 Å². The summed E-state index contributed by atoms with van der Waals surface area (Å²) < 4.78 is 1.54. The first-order valence-electron chi connectivity index (χ1n) is 5.91. The zero-order chi connectivity index (χ0) is 14.7. The number of benzene rings is 1. The molecule has 0 saturated carbocycles. The van der Waals surface area contributed by atoms with Crippen molar-refractivity contribution in [2.75, 3.05) is 5.43 Å². The Hall–Kier alpha value is -2.16. The van der Waals surface area contributed by atoms with E-state index >= 15 is 0 Å². The van der Waals surface area contributed by atoms with Gasteiger partial charge in [-0.15, -0.1) is 0 Å². The van der Waals surface area contributed by atoms with E-state index < -0.39 is 0 Å². The van der Waals surface area contributed by atoms with Gasteiger partial charge < -0.3 is 0 Å². The second-order valence-electron chi connectivity index (χ2n) is 3.89. The molecular weight excluding hydrogens is 310 g/mol. The smallest absolute Gasteiger partial charge is 0.256 e. The second kappa shape index (κ2) is 6.08. The van der Waals surface area contributed by atoms with E-state index in [1.165, 1.54) is 16.4 Å². The van der Waals surface area contributed by atoms with Crippen LogP contribution in [0.25, 0.3) is 5.95 Å². The molecule has 0 aliphatic rings. The van der Waals surface area contributed by atoms with Crippen molar-refractivity contribution in [3.63, 3.8) is 0 Å². The molecule has 0 saturated heterocycles. The molecule has 0 aliphatic heterocycles. The van der Waals surface area contributed by atoms with Crippen molar-refractivity contribution in [3.8, 4) is 5.95 Å². The summed E-state index contributed by atoms with van der Waals surface area (Å²) in [6.45, 7) is 0. The van der Waals surface area contributed by atoms with Gasteiger partial charge in [0, 0.05) is 22.3 Å². The lowest BCUT2D eigenvalue weighted by Crippen LogP contribution is -2.14. The number of nitrogen functional groups attached to an aromatic ring is 1. The van der Waals surface area contributed by atoms with Crippen LogP contribution in [0.4, 0.5) is 5.95 Å². The summed E-state index contributed by atoms with van der Waals surface area (Å²) in [6.07, 6.45) is 3.39. The molecule has 0 aliphatic carbocycles. The lowest BCUT2D eigenvalue weighted by molar-refractivity contribution is 0.760. The van der Waals surface area contributed by atoms with Gasteiger partial charge in [-0.3, -0.25) is 5.43 Å². The number of rotatable bonds is 4. The molecule has 106 valence electrons. The van der Waals surface area contributed by atoms with E-state index in [-0.39, 0.29) is 5.95 Å². The first-order chi connectivity index (χ1) is 10.2. The maximum atomic E-state index is 5.87. The lowest BCUT2D eigenvalue weighted by Gasteiger charge is -2.06. The number of anilines is 1. The average molecular weight is 320 g/mol.